The third kappa shape index (κ3) is 5.96. The van der Waals surface area contributed by atoms with Crippen LogP contribution < -0.4 is 14.8 Å². The lowest BCUT2D eigenvalue weighted by molar-refractivity contribution is -0.113. The van der Waals surface area contributed by atoms with Crippen LogP contribution in [-0.4, -0.2) is 33.0 Å². The molecule has 0 radical (unpaired) electrons. The zero-order chi connectivity index (χ0) is 23.8. The van der Waals surface area contributed by atoms with Gasteiger partial charge in [0, 0.05) is 12.2 Å². The molecule has 0 saturated carbocycles. The Balaban J connectivity index is 1.36. The van der Waals surface area contributed by atoms with E-state index in [1.807, 2.05) is 66.1 Å². The number of hydrogen-bond acceptors (Lipinski definition) is 6. The SMILES string of the molecule is C=CCn1c(COc2ccc3ccccc3c2)nnc1SCC(=O)Nc1ccc(OCC)cc1. The largest absolute Gasteiger partial charge is 0.494 e. The first kappa shape index (κ1) is 23.4. The Hall–Kier alpha value is -3.78. The van der Waals surface area contributed by atoms with Gasteiger partial charge in [-0.1, -0.05) is 48.2 Å². The number of anilines is 1. The molecule has 0 fully saturated rings. The zero-order valence-electron chi connectivity index (χ0n) is 18.9. The van der Waals surface area contributed by atoms with Crippen molar-refractivity contribution in [3.8, 4) is 11.5 Å². The Labute approximate surface area is 202 Å². The molecule has 1 heterocycles. The fourth-order valence-electron chi connectivity index (χ4n) is 3.38. The van der Waals surface area contributed by atoms with Gasteiger partial charge in [0.1, 0.15) is 18.1 Å². The molecule has 0 saturated heterocycles. The van der Waals surface area contributed by atoms with Crippen molar-refractivity contribution in [1.82, 2.24) is 14.8 Å². The van der Waals surface area contributed by atoms with Crippen molar-refractivity contribution in [3.05, 3.63) is 85.2 Å². The first-order chi connectivity index (χ1) is 16.7. The highest BCUT2D eigenvalue weighted by atomic mass is 32.2. The predicted molar refractivity (Wildman–Crippen MR) is 135 cm³/mol. The lowest BCUT2D eigenvalue weighted by atomic mass is 10.1. The zero-order valence-corrected chi connectivity index (χ0v) is 19.8. The summed E-state index contributed by atoms with van der Waals surface area (Å²) < 4.78 is 13.3. The van der Waals surface area contributed by atoms with E-state index in [9.17, 15) is 4.79 Å². The third-order valence-electron chi connectivity index (χ3n) is 4.98. The van der Waals surface area contributed by atoms with Crippen molar-refractivity contribution < 1.29 is 14.3 Å². The van der Waals surface area contributed by atoms with E-state index < -0.39 is 0 Å². The summed E-state index contributed by atoms with van der Waals surface area (Å²) in [6.07, 6.45) is 1.77. The van der Waals surface area contributed by atoms with E-state index in [-0.39, 0.29) is 18.3 Å². The van der Waals surface area contributed by atoms with Gasteiger partial charge in [-0.05, 0) is 54.1 Å². The second-order valence-corrected chi connectivity index (χ2v) is 8.33. The van der Waals surface area contributed by atoms with E-state index in [0.717, 1.165) is 22.3 Å². The molecular weight excluding hydrogens is 448 g/mol. The third-order valence-corrected chi connectivity index (χ3v) is 5.94. The first-order valence-electron chi connectivity index (χ1n) is 11.0. The molecule has 1 N–H and O–H groups in total. The molecule has 174 valence electrons. The van der Waals surface area contributed by atoms with Gasteiger partial charge >= 0.3 is 0 Å². The molecule has 0 aliphatic heterocycles. The van der Waals surface area contributed by atoms with Gasteiger partial charge in [-0.2, -0.15) is 0 Å². The van der Waals surface area contributed by atoms with Gasteiger partial charge in [-0.15, -0.1) is 16.8 Å². The minimum Gasteiger partial charge on any atom is -0.494 e. The van der Waals surface area contributed by atoms with Crippen molar-refractivity contribution in [3.63, 3.8) is 0 Å². The van der Waals surface area contributed by atoms with E-state index >= 15 is 0 Å². The molecule has 0 aliphatic carbocycles. The van der Waals surface area contributed by atoms with Crippen LogP contribution >= 0.6 is 11.8 Å². The highest BCUT2D eigenvalue weighted by Gasteiger charge is 2.14. The summed E-state index contributed by atoms with van der Waals surface area (Å²) in [7, 11) is 0. The molecule has 0 atom stereocenters. The molecule has 0 spiro atoms. The number of thioether (sulfide) groups is 1. The number of fused-ring (bicyclic) bond motifs is 1. The van der Waals surface area contributed by atoms with E-state index in [0.29, 0.717) is 29.8 Å². The van der Waals surface area contributed by atoms with Crippen molar-refractivity contribution in [2.24, 2.45) is 0 Å². The van der Waals surface area contributed by atoms with Crippen molar-refractivity contribution in [1.29, 1.82) is 0 Å². The molecule has 1 aromatic heterocycles. The Morgan fingerprint density at radius 3 is 2.56 bits per heavy atom. The minimum absolute atomic E-state index is 0.128. The maximum atomic E-state index is 12.4. The molecule has 3 aromatic carbocycles. The van der Waals surface area contributed by atoms with Crippen LogP contribution in [0.25, 0.3) is 10.8 Å². The quantitative estimate of drug-likeness (QED) is 0.234. The van der Waals surface area contributed by atoms with Crippen LogP contribution in [0.3, 0.4) is 0 Å². The van der Waals surface area contributed by atoms with Crippen LogP contribution in [-0.2, 0) is 17.9 Å². The Kier molecular flexibility index (Phi) is 7.83. The van der Waals surface area contributed by atoms with Crippen LogP contribution in [0.1, 0.15) is 12.7 Å². The molecule has 4 rings (SSSR count). The number of rotatable bonds is 11. The predicted octanol–water partition coefficient (Wildman–Crippen LogP) is 5.33. The molecule has 0 unspecified atom stereocenters. The number of carbonyl (C=O) groups is 1. The van der Waals surface area contributed by atoms with Gasteiger partial charge in [-0.3, -0.25) is 9.36 Å². The number of nitrogens with zero attached hydrogens (tertiary/aromatic N) is 3. The molecule has 8 heteroatoms. The van der Waals surface area contributed by atoms with Crippen LogP contribution in [0.15, 0.2) is 84.5 Å². The summed E-state index contributed by atoms with van der Waals surface area (Å²) in [4.78, 5) is 12.4. The van der Waals surface area contributed by atoms with Crippen LogP contribution in [0.5, 0.6) is 11.5 Å². The first-order valence-corrected chi connectivity index (χ1v) is 11.9. The molecule has 0 aliphatic rings. The maximum Gasteiger partial charge on any atom is 0.234 e. The number of carbonyl (C=O) groups excluding carboxylic acids is 1. The van der Waals surface area contributed by atoms with Gasteiger partial charge in [0.25, 0.3) is 0 Å². The van der Waals surface area contributed by atoms with Crippen LogP contribution in [0.2, 0.25) is 0 Å². The summed E-state index contributed by atoms with van der Waals surface area (Å²) in [6.45, 7) is 7.14. The second-order valence-electron chi connectivity index (χ2n) is 7.39. The number of amides is 1. The topological polar surface area (TPSA) is 78.3 Å². The molecule has 4 aromatic rings. The van der Waals surface area contributed by atoms with Gasteiger partial charge < -0.3 is 14.8 Å². The molecule has 1 amide bonds. The fourth-order valence-corrected chi connectivity index (χ4v) is 4.15. The van der Waals surface area contributed by atoms with E-state index in [1.165, 1.54) is 11.8 Å². The highest BCUT2D eigenvalue weighted by molar-refractivity contribution is 7.99. The van der Waals surface area contributed by atoms with Crippen LogP contribution in [0, 0.1) is 0 Å². The summed E-state index contributed by atoms with van der Waals surface area (Å²) in [5, 5.41) is 14.3. The van der Waals surface area contributed by atoms with Crippen molar-refractivity contribution >= 4 is 34.1 Å². The average Bonchev–Trinajstić information content (AvgIpc) is 3.24. The Morgan fingerprint density at radius 1 is 1.03 bits per heavy atom. The van der Waals surface area contributed by atoms with E-state index in [2.05, 4.69) is 34.2 Å². The maximum absolute atomic E-state index is 12.4. The number of nitrogens with one attached hydrogen (secondary N) is 1. The summed E-state index contributed by atoms with van der Waals surface area (Å²) >= 11 is 1.32. The number of allylic oxidation sites excluding steroid dienone is 1. The Morgan fingerprint density at radius 2 is 1.79 bits per heavy atom. The highest BCUT2D eigenvalue weighted by Crippen LogP contribution is 2.23. The van der Waals surface area contributed by atoms with Crippen LogP contribution in [0.4, 0.5) is 5.69 Å². The van der Waals surface area contributed by atoms with Crippen molar-refractivity contribution in [2.45, 2.75) is 25.2 Å². The lowest BCUT2D eigenvalue weighted by Crippen LogP contribution is -2.15. The average molecular weight is 475 g/mol. The van der Waals surface area contributed by atoms with Crippen molar-refractivity contribution in [2.75, 3.05) is 17.7 Å². The standard InChI is InChI=1S/C26H26N4O3S/c1-3-15-30-24(17-33-23-12-9-19-7-5-6-8-20(19)16-23)28-29-26(30)34-18-25(31)27-21-10-13-22(14-11-21)32-4-2/h3,5-14,16H,1,4,15,17-18H2,2H3,(H,27,31). The molecular formula is C26H26N4O3S. The minimum atomic E-state index is -0.128. The molecule has 7 nitrogen and oxygen atoms in total. The second kappa shape index (κ2) is 11.4. The van der Waals surface area contributed by atoms with Gasteiger partial charge in [0.2, 0.25) is 5.91 Å². The Bertz CT molecular complexity index is 1270. The summed E-state index contributed by atoms with van der Waals surface area (Å²) in [6, 6.07) is 21.4. The number of hydrogen-bond donors (Lipinski definition) is 1. The fraction of sp³-hybridized carbons (Fsp3) is 0.192. The number of aromatic nitrogens is 3. The molecule has 34 heavy (non-hydrogen) atoms. The van der Waals surface area contributed by atoms with E-state index in [1.54, 1.807) is 6.08 Å². The summed E-state index contributed by atoms with van der Waals surface area (Å²) in [5.74, 6) is 2.27. The molecule has 0 bridgehead atoms. The monoisotopic (exact) mass is 474 g/mol. The van der Waals surface area contributed by atoms with E-state index in [4.69, 9.17) is 9.47 Å². The van der Waals surface area contributed by atoms with Gasteiger partial charge in [0.05, 0.1) is 12.4 Å². The van der Waals surface area contributed by atoms with Gasteiger partial charge in [-0.25, -0.2) is 0 Å². The van der Waals surface area contributed by atoms with Gasteiger partial charge in [0.15, 0.2) is 11.0 Å². The number of benzene rings is 3. The summed E-state index contributed by atoms with van der Waals surface area (Å²) in [5.41, 5.74) is 0.714. The normalized spacial score (nSPS) is 10.7. The smallest absolute Gasteiger partial charge is 0.234 e. The number of ether oxygens (including phenoxy) is 2. The lowest BCUT2D eigenvalue weighted by Gasteiger charge is -2.10.